The lowest BCUT2D eigenvalue weighted by molar-refractivity contribution is 0.0952. The predicted molar refractivity (Wildman–Crippen MR) is 130 cm³/mol. The van der Waals surface area contributed by atoms with Crippen molar-refractivity contribution < 1.29 is 18.7 Å². The Morgan fingerprint density at radius 3 is 2.52 bits per heavy atom. The number of benzene rings is 3. The Bertz CT molecular complexity index is 1250. The number of carbonyl (C=O) groups excluding carboxylic acids is 1. The lowest BCUT2D eigenvalue weighted by atomic mass is 10.2. The molecule has 0 radical (unpaired) electrons. The lowest BCUT2D eigenvalue weighted by Crippen LogP contribution is -2.27. The van der Waals surface area contributed by atoms with E-state index in [0.29, 0.717) is 30.2 Å². The van der Waals surface area contributed by atoms with E-state index < -0.39 is 0 Å². The monoisotopic (exact) mass is 464 g/mol. The third-order valence-electron chi connectivity index (χ3n) is 5.34. The van der Waals surface area contributed by atoms with Crippen molar-refractivity contribution in [1.82, 2.24) is 9.88 Å². The molecule has 5 nitrogen and oxygen atoms in total. The molecule has 0 saturated carbocycles. The van der Waals surface area contributed by atoms with Crippen molar-refractivity contribution in [3.63, 3.8) is 0 Å². The van der Waals surface area contributed by atoms with Gasteiger partial charge in [-0.05, 0) is 42.0 Å². The topological polar surface area (TPSA) is 52.5 Å². The van der Waals surface area contributed by atoms with Crippen LogP contribution in [-0.2, 0) is 12.3 Å². The quantitative estimate of drug-likeness (QED) is 0.332. The number of amides is 1. The minimum Gasteiger partial charge on any atom is -0.493 e. The predicted octanol–water partition coefficient (Wildman–Crippen LogP) is 5.52. The number of thioether (sulfide) groups is 1. The summed E-state index contributed by atoms with van der Waals surface area (Å²) < 4.78 is 25.8. The van der Waals surface area contributed by atoms with Crippen LogP contribution in [-0.4, -0.2) is 31.2 Å². The number of carbonyl (C=O) groups is 1. The minimum atomic E-state index is -0.226. The summed E-state index contributed by atoms with van der Waals surface area (Å²) in [6, 6.07) is 19.9. The highest BCUT2D eigenvalue weighted by molar-refractivity contribution is 7.98. The van der Waals surface area contributed by atoms with Crippen LogP contribution in [0.4, 0.5) is 4.39 Å². The fraction of sp³-hybridized carbons (Fsp3) is 0.192. The van der Waals surface area contributed by atoms with E-state index in [1.54, 1.807) is 44.2 Å². The molecule has 0 bridgehead atoms. The third kappa shape index (κ3) is 5.31. The van der Waals surface area contributed by atoms with Gasteiger partial charge in [-0.25, -0.2) is 4.39 Å². The molecule has 0 saturated heterocycles. The second kappa shape index (κ2) is 10.4. The maximum absolute atomic E-state index is 13.2. The number of halogens is 1. The van der Waals surface area contributed by atoms with Crippen LogP contribution >= 0.6 is 11.8 Å². The zero-order chi connectivity index (χ0) is 23.2. The molecule has 1 aromatic heterocycles. The Hall–Kier alpha value is -3.45. The maximum atomic E-state index is 13.2. The van der Waals surface area contributed by atoms with Crippen LogP contribution in [0.5, 0.6) is 11.5 Å². The van der Waals surface area contributed by atoms with Crippen LogP contribution in [0.15, 0.2) is 77.8 Å². The fourth-order valence-corrected chi connectivity index (χ4v) is 4.67. The van der Waals surface area contributed by atoms with E-state index in [2.05, 4.69) is 28.2 Å². The number of hydrogen-bond acceptors (Lipinski definition) is 4. The number of methoxy groups -OCH3 is 2. The smallest absolute Gasteiger partial charge is 0.251 e. The van der Waals surface area contributed by atoms with Gasteiger partial charge in [0.15, 0.2) is 11.5 Å². The average Bonchev–Trinajstić information content (AvgIpc) is 3.20. The molecule has 170 valence electrons. The maximum Gasteiger partial charge on any atom is 0.251 e. The van der Waals surface area contributed by atoms with Crippen molar-refractivity contribution in [1.29, 1.82) is 0 Å². The van der Waals surface area contributed by atoms with E-state index in [1.807, 2.05) is 24.3 Å². The van der Waals surface area contributed by atoms with Crippen molar-refractivity contribution in [2.45, 2.75) is 17.2 Å². The summed E-state index contributed by atoms with van der Waals surface area (Å²) in [5.41, 5.74) is 2.69. The molecule has 4 rings (SSSR count). The van der Waals surface area contributed by atoms with E-state index >= 15 is 0 Å². The summed E-state index contributed by atoms with van der Waals surface area (Å²) in [6.45, 7) is 1.12. The van der Waals surface area contributed by atoms with Crippen LogP contribution in [0, 0.1) is 5.82 Å². The molecule has 4 aromatic rings. The molecule has 0 unspecified atom stereocenters. The first kappa shape index (κ1) is 22.7. The second-order valence-electron chi connectivity index (χ2n) is 7.44. The molecule has 3 aromatic carbocycles. The van der Waals surface area contributed by atoms with Gasteiger partial charge in [-0.1, -0.05) is 30.3 Å². The molecule has 0 atom stereocenters. The number of nitrogens with zero attached hydrogens (tertiary/aromatic N) is 1. The second-order valence-corrected chi connectivity index (χ2v) is 8.46. The number of rotatable bonds is 9. The van der Waals surface area contributed by atoms with Crippen molar-refractivity contribution in [2.24, 2.45) is 0 Å². The Kier molecular flexibility index (Phi) is 7.19. The molecular weight excluding hydrogens is 439 g/mol. The Balaban J connectivity index is 1.42. The highest BCUT2D eigenvalue weighted by Crippen LogP contribution is 2.32. The highest BCUT2D eigenvalue weighted by Gasteiger charge is 2.12. The van der Waals surface area contributed by atoms with Gasteiger partial charge in [-0.2, -0.15) is 0 Å². The summed E-state index contributed by atoms with van der Waals surface area (Å²) in [7, 11) is 3.10. The molecule has 0 spiro atoms. The first-order valence-electron chi connectivity index (χ1n) is 10.5. The van der Waals surface area contributed by atoms with E-state index in [1.165, 1.54) is 12.1 Å². The van der Waals surface area contributed by atoms with E-state index in [9.17, 15) is 9.18 Å². The first-order valence-corrected chi connectivity index (χ1v) is 11.5. The van der Waals surface area contributed by atoms with Gasteiger partial charge in [0.2, 0.25) is 0 Å². The molecule has 7 heteroatoms. The molecule has 1 amide bonds. The van der Waals surface area contributed by atoms with Gasteiger partial charge in [0.05, 0.1) is 14.2 Å². The van der Waals surface area contributed by atoms with Crippen LogP contribution < -0.4 is 14.8 Å². The van der Waals surface area contributed by atoms with Crippen molar-refractivity contribution in [3.05, 3.63) is 89.9 Å². The Morgan fingerprint density at radius 2 is 1.76 bits per heavy atom. The van der Waals surface area contributed by atoms with Crippen molar-refractivity contribution in [3.8, 4) is 11.5 Å². The molecule has 0 aliphatic carbocycles. The molecular formula is C26H25FN2O3S. The zero-order valence-corrected chi connectivity index (χ0v) is 19.3. The van der Waals surface area contributed by atoms with Crippen LogP contribution in [0.1, 0.15) is 15.9 Å². The lowest BCUT2D eigenvalue weighted by Gasteiger charge is -2.10. The third-order valence-corrected chi connectivity index (χ3v) is 6.46. The van der Waals surface area contributed by atoms with Gasteiger partial charge >= 0.3 is 0 Å². The zero-order valence-electron chi connectivity index (χ0n) is 18.5. The van der Waals surface area contributed by atoms with Crippen LogP contribution in [0.25, 0.3) is 10.9 Å². The van der Waals surface area contributed by atoms with Gasteiger partial charge < -0.3 is 19.4 Å². The normalized spacial score (nSPS) is 10.9. The number of ether oxygens (including phenoxy) is 2. The summed E-state index contributed by atoms with van der Waals surface area (Å²) in [6.07, 6.45) is 2.11. The summed E-state index contributed by atoms with van der Waals surface area (Å²) in [4.78, 5) is 13.8. The van der Waals surface area contributed by atoms with Gasteiger partial charge in [0.1, 0.15) is 5.82 Å². The molecule has 33 heavy (non-hydrogen) atoms. The van der Waals surface area contributed by atoms with Gasteiger partial charge in [0, 0.05) is 46.4 Å². The number of para-hydroxylation sites is 1. The molecule has 1 heterocycles. The highest BCUT2D eigenvalue weighted by atomic mass is 32.2. The standard InChI is InChI=1S/C26H25FN2O3S/c1-31-23-12-9-19(15-24(23)32-2)26(30)28-13-14-29-16-25(21-5-3-4-6-22(21)29)33-17-18-7-10-20(27)11-8-18/h3-12,15-16H,13-14,17H2,1-2H3,(H,28,30). The van der Waals surface area contributed by atoms with Crippen LogP contribution in [0.2, 0.25) is 0 Å². The number of nitrogens with one attached hydrogen (secondary N) is 1. The van der Waals surface area contributed by atoms with E-state index in [-0.39, 0.29) is 11.7 Å². The molecule has 0 aliphatic heterocycles. The van der Waals surface area contributed by atoms with Crippen molar-refractivity contribution in [2.75, 3.05) is 20.8 Å². The average molecular weight is 465 g/mol. The number of hydrogen-bond donors (Lipinski definition) is 1. The molecule has 0 aliphatic rings. The number of aromatic nitrogens is 1. The van der Waals surface area contributed by atoms with Gasteiger partial charge in [-0.15, -0.1) is 11.8 Å². The SMILES string of the molecule is COc1ccc(C(=O)NCCn2cc(SCc3ccc(F)cc3)c3ccccc32)cc1OC. The fourth-order valence-electron chi connectivity index (χ4n) is 3.62. The van der Waals surface area contributed by atoms with E-state index in [4.69, 9.17) is 9.47 Å². The molecule has 1 N–H and O–H groups in total. The largest absolute Gasteiger partial charge is 0.493 e. The Labute approximate surface area is 196 Å². The number of fused-ring (bicyclic) bond motifs is 1. The van der Waals surface area contributed by atoms with Crippen LogP contribution in [0.3, 0.4) is 0 Å². The summed E-state index contributed by atoms with van der Waals surface area (Å²) >= 11 is 1.72. The molecule has 0 fully saturated rings. The van der Waals surface area contributed by atoms with Crippen molar-refractivity contribution >= 4 is 28.6 Å². The van der Waals surface area contributed by atoms with Gasteiger partial charge in [-0.3, -0.25) is 4.79 Å². The van der Waals surface area contributed by atoms with E-state index in [0.717, 1.165) is 27.1 Å². The van der Waals surface area contributed by atoms with Gasteiger partial charge in [0.25, 0.3) is 5.91 Å². The minimum absolute atomic E-state index is 0.168. The summed E-state index contributed by atoms with van der Waals surface area (Å²) in [5, 5.41) is 4.14. The summed E-state index contributed by atoms with van der Waals surface area (Å²) in [5.74, 6) is 1.46. The first-order chi connectivity index (χ1) is 16.1. The Morgan fingerprint density at radius 1 is 1.00 bits per heavy atom.